The second-order valence-electron chi connectivity index (χ2n) is 7.66. The minimum atomic E-state index is -0.286. The third-order valence-electron chi connectivity index (χ3n) is 5.45. The van der Waals surface area contributed by atoms with Crippen LogP contribution < -0.4 is 10.2 Å². The molecule has 1 N–H and O–H groups in total. The monoisotopic (exact) mass is 459 g/mol. The van der Waals surface area contributed by atoms with E-state index in [0.717, 1.165) is 22.4 Å². The van der Waals surface area contributed by atoms with E-state index in [4.69, 9.17) is 4.74 Å². The number of hydrogen-bond acceptors (Lipinski definition) is 5. The number of hydrogen-bond donors (Lipinski definition) is 1. The zero-order valence-corrected chi connectivity index (χ0v) is 19.3. The molecule has 3 aromatic rings. The Labute approximate surface area is 197 Å². The van der Waals surface area contributed by atoms with Gasteiger partial charge in [-0.05, 0) is 60.0 Å². The van der Waals surface area contributed by atoms with Crippen LogP contribution in [-0.4, -0.2) is 35.3 Å². The number of carbonyl (C=O) groups is 2. The Hall–Kier alpha value is -3.58. The molecule has 1 heterocycles. The molecule has 1 aliphatic rings. The summed E-state index contributed by atoms with van der Waals surface area (Å²) in [4.78, 5) is 26.9. The van der Waals surface area contributed by atoms with Crippen LogP contribution in [0.25, 0.3) is 0 Å². The van der Waals surface area contributed by atoms with Crippen LogP contribution in [0.5, 0.6) is 5.75 Å². The lowest BCUT2D eigenvalue weighted by molar-refractivity contribution is -0.128. The summed E-state index contributed by atoms with van der Waals surface area (Å²) in [6, 6.07) is 24.8. The first kappa shape index (κ1) is 22.6. The molecule has 1 aliphatic heterocycles. The molecule has 0 aliphatic carbocycles. The van der Waals surface area contributed by atoms with Crippen LogP contribution in [0.15, 0.2) is 84.0 Å². The van der Waals surface area contributed by atoms with Crippen molar-refractivity contribution in [3.63, 3.8) is 0 Å². The first-order chi connectivity index (χ1) is 16.0. The number of thioether (sulfide) groups is 1. The molecule has 1 fully saturated rings. The summed E-state index contributed by atoms with van der Waals surface area (Å²) in [5, 5.41) is 4.15. The number of carbonyl (C=O) groups excluding carboxylic acids is 2. The van der Waals surface area contributed by atoms with Crippen LogP contribution in [0, 0.1) is 0 Å². The molecule has 0 radical (unpaired) electrons. The molecule has 33 heavy (non-hydrogen) atoms. The molecule has 0 saturated carbocycles. The van der Waals surface area contributed by atoms with E-state index >= 15 is 0 Å². The molecule has 2 amide bonds. The first-order valence-corrected chi connectivity index (χ1v) is 11.6. The summed E-state index contributed by atoms with van der Waals surface area (Å²) in [5.41, 5.74) is 6.80. The number of amides is 2. The number of nitrogens with zero attached hydrogens (tertiary/aromatic N) is 2. The van der Waals surface area contributed by atoms with Gasteiger partial charge >= 0.3 is 0 Å². The molecule has 0 spiro atoms. The molecule has 0 bridgehead atoms. The number of hydrazone groups is 1. The van der Waals surface area contributed by atoms with E-state index in [9.17, 15) is 9.59 Å². The summed E-state index contributed by atoms with van der Waals surface area (Å²) >= 11 is 1.60. The van der Waals surface area contributed by atoms with Crippen molar-refractivity contribution in [1.82, 2.24) is 10.3 Å². The highest BCUT2D eigenvalue weighted by Crippen LogP contribution is 2.39. The zero-order chi connectivity index (χ0) is 23.2. The van der Waals surface area contributed by atoms with Gasteiger partial charge in [0.15, 0.2) is 0 Å². The van der Waals surface area contributed by atoms with Gasteiger partial charge in [-0.3, -0.25) is 9.59 Å². The van der Waals surface area contributed by atoms with Crippen molar-refractivity contribution >= 4 is 29.3 Å². The SMILES string of the molecule is COc1ccc(/C(C)=N\NC(=O)c2ccc([C@H]3SCC(=O)N3Cc3ccccc3)cc2)cc1. The Kier molecular flexibility index (Phi) is 7.10. The van der Waals surface area contributed by atoms with Gasteiger partial charge in [0.1, 0.15) is 11.1 Å². The third-order valence-corrected chi connectivity index (χ3v) is 6.71. The number of methoxy groups -OCH3 is 1. The van der Waals surface area contributed by atoms with Gasteiger partial charge in [0.2, 0.25) is 5.91 Å². The van der Waals surface area contributed by atoms with Gasteiger partial charge in [-0.15, -0.1) is 11.8 Å². The predicted molar refractivity (Wildman–Crippen MR) is 131 cm³/mol. The number of rotatable bonds is 7. The van der Waals surface area contributed by atoms with Gasteiger partial charge < -0.3 is 9.64 Å². The van der Waals surface area contributed by atoms with E-state index in [0.29, 0.717) is 23.6 Å². The minimum absolute atomic E-state index is 0.0647. The van der Waals surface area contributed by atoms with Crippen molar-refractivity contribution in [2.24, 2.45) is 5.10 Å². The molecule has 1 saturated heterocycles. The van der Waals surface area contributed by atoms with Crippen molar-refractivity contribution in [2.75, 3.05) is 12.9 Å². The molecular formula is C26H25N3O3S. The largest absolute Gasteiger partial charge is 0.497 e. The van der Waals surface area contributed by atoms with Gasteiger partial charge in [0.05, 0.1) is 18.6 Å². The van der Waals surface area contributed by atoms with Crippen molar-refractivity contribution in [1.29, 1.82) is 0 Å². The zero-order valence-electron chi connectivity index (χ0n) is 18.5. The van der Waals surface area contributed by atoms with Crippen molar-refractivity contribution in [3.8, 4) is 5.75 Å². The van der Waals surface area contributed by atoms with Crippen LogP contribution in [0.2, 0.25) is 0 Å². The summed E-state index contributed by atoms with van der Waals surface area (Å²) in [6.07, 6.45) is 0. The fourth-order valence-electron chi connectivity index (χ4n) is 3.58. The predicted octanol–water partition coefficient (Wildman–Crippen LogP) is 4.62. The van der Waals surface area contributed by atoms with E-state index < -0.39 is 0 Å². The standard InChI is InChI=1S/C26H25N3O3S/c1-18(20-12-14-23(32-2)15-13-20)27-28-25(31)21-8-10-22(11-9-21)26-29(24(30)17-33-26)16-19-6-4-3-5-7-19/h3-15,26H,16-17H2,1-2H3,(H,28,31)/b27-18-/t26-/m1/s1. The Bertz CT molecular complexity index is 1150. The molecule has 3 aromatic carbocycles. The highest BCUT2D eigenvalue weighted by atomic mass is 32.2. The lowest BCUT2D eigenvalue weighted by Crippen LogP contribution is -2.27. The molecular weight excluding hydrogens is 434 g/mol. The van der Waals surface area contributed by atoms with Gasteiger partial charge in [-0.1, -0.05) is 42.5 Å². The second kappa shape index (κ2) is 10.4. The molecule has 0 unspecified atom stereocenters. The van der Waals surface area contributed by atoms with Gasteiger partial charge in [-0.25, -0.2) is 5.43 Å². The summed E-state index contributed by atoms with van der Waals surface area (Å²) in [5.74, 6) is 1.06. The number of ether oxygens (including phenoxy) is 1. The Morgan fingerprint density at radius 1 is 1.03 bits per heavy atom. The second-order valence-corrected chi connectivity index (χ2v) is 8.73. The maximum Gasteiger partial charge on any atom is 0.271 e. The average molecular weight is 460 g/mol. The van der Waals surface area contributed by atoms with E-state index in [1.165, 1.54) is 0 Å². The Morgan fingerprint density at radius 3 is 2.36 bits per heavy atom. The topological polar surface area (TPSA) is 71.0 Å². The molecule has 6 nitrogen and oxygen atoms in total. The van der Waals surface area contributed by atoms with Crippen LogP contribution in [0.1, 0.15) is 39.3 Å². The Balaban J connectivity index is 1.41. The Morgan fingerprint density at radius 2 is 1.70 bits per heavy atom. The quantitative estimate of drug-likeness (QED) is 0.413. The smallest absolute Gasteiger partial charge is 0.271 e. The van der Waals surface area contributed by atoms with Gasteiger partial charge in [0.25, 0.3) is 5.91 Å². The van der Waals surface area contributed by atoms with E-state index in [2.05, 4.69) is 10.5 Å². The van der Waals surface area contributed by atoms with Crippen LogP contribution >= 0.6 is 11.8 Å². The van der Waals surface area contributed by atoms with E-state index in [-0.39, 0.29) is 17.2 Å². The molecule has 7 heteroatoms. The fraction of sp³-hybridized carbons (Fsp3) is 0.192. The van der Waals surface area contributed by atoms with Crippen LogP contribution in [0.4, 0.5) is 0 Å². The van der Waals surface area contributed by atoms with Crippen molar-refractivity contribution < 1.29 is 14.3 Å². The molecule has 0 aromatic heterocycles. The fourth-order valence-corrected chi connectivity index (χ4v) is 4.76. The maximum absolute atomic E-state index is 12.6. The highest BCUT2D eigenvalue weighted by Gasteiger charge is 2.32. The molecule has 168 valence electrons. The average Bonchev–Trinajstić information content (AvgIpc) is 3.23. The van der Waals surface area contributed by atoms with Crippen molar-refractivity contribution in [2.45, 2.75) is 18.8 Å². The van der Waals surface area contributed by atoms with Gasteiger partial charge in [0, 0.05) is 12.1 Å². The normalized spacial score (nSPS) is 16.1. The third kappa shape index (κ3) is 5.43. The lowest BCUT2D eigenvalue weighted by Gasteiger charge is -2.24. The lowest BCUT2D eigenvalue weighted by atomic mass is 10.1. The number of benzene rings is 3. The molecule has 4 rings (SSSR count). The summed E-state index contributed by atoms with van der Waals surface area (Å²) < 4.78 is 5.16. The molecule has 1 atom stereocenters. The number of nitrogens with one attached hydrogen (secondary N) is 1. The summed E-state index contributed by atoms with van der Waals surface area (Å²) in [6.45, 7) is 2.40. The van der Waals surface area contributed by atoms with E-state index in [1.807, 2.05) is 78.6 Å². The first-order valence-electron chi connectivity index (χ1n) is 10.6. The van der Waals surface area contributed by atoms with Gasteiger partial charge in [-0.2, -0.15) is 5.10 Å². The van der Waals surface area contributed by atoms with E-state index in [1.54, 1.807) is 31.0 Å². The van der Waals surface area contributed by atoms with Crippen LogP contribution in [0.3, 0.4) is 0 Å². The summed E-state index contributed by atoms with van der Waals surface area (Å²) in [7, 11) is 1.62. The van der Waals surface area contributed by atoms with Crippen molar-refractivity contribution in [3.05, 3.63) is 101 Å². The van der Waals surface area contributed by atoms with Crippen LogP contribution in [-0.2, 0) is 11.3 Å². The maximum atomic E-state index is 12.6. The highest BCUT2D eigenvalue weighted by molar-refractivity contribution is 8.00. The minimum Gasteiger partial charge on any atom is -0.497 e.